The van der Waals surface area contributed by atoms with Gasteiger partial charge in [0.05, 0.1) is 28.4 Å². The minimum Gasteiger partial charge on any atom is -0.465 e. The topological polar surface area (TPSA) is 155 Å². The minimum absolute atomic E-state index is 0.0426. The Morgan fingerprint density at radius 2 is 1.37 bits per heavy atom. The van der Waals surface area contributed by atoms with E-state index in [1.54, 1.807) is 98.8 Å². The molecule has 0 unspecified atom stereocenters. The highest BCUT2D eigenvalue weighted by Crippen LogP contribution is 2.68. The molecule has 1 saturated heterocycles. The maximum absolute atomic E-state index is 13.8. The molecule has 0 radical (unpaired) electrons. The fraction of sp³-hybridized carbons (Fsp3) is 0.400. The molecule has 1 aliphatic heterocycles. The van der Waals surface area contributed by atoms with Gasteiger partial charge >= 0.3 is 23.9 Å². The summed E-state index contributed by atoms with van der Waals surface area (Å²) in [6, 6.07) is 25.3. The summed E-state index contributed by atoms with van der Waals surface area (Å²) in [7, 11) is 0. The van der Waals surface area contributed by atoms with E-state index in [4.69, 9.17) is 23.7 Å². The molecule has 2 N–H and O–H groups in total. The van der Waals surface area contributed by atoms with Crippen LogP contribution in [0.25, 0.3) is 6.08 Å². The van der Waals surface area contributed by atoms with E-state index in [1.807, 2.05) is 6.07 Å². The number of aliphatic hydroxyl groups excluding tert-OH is 1. The van der Waals surface area contributed by atoms with Crippen LogP contribution in [0, 0.1) is 11.3 Å². The molecule has 0 aromatic heterocycles. The van der Waals surface area contributed by atoms with Gasteiger partial charge in [-0.15, -0.1) is 0 Å². The van der Waals surface area contributed by atoms with Gasteiger partial charge in [0.2, 0.25) is 0 Å². The Balaban J connectivity index is 1.55. The van der Waals surface area contributed by atoms with Crippen molar-refractivity contribution >= 4 is 30.0 Å². The quantitative estimate of drug-likeness (QED) is 0.182. The second kappa shape index (κ2) is 13.7. The summed E-state index contributed by atoms with van der Waals surface area (Å²) in [4.78, 5) is 53.9. The smallest absolute Gasteiger partial charge is 0.338 e. The molecular formula is C40H42O11. The van der Waals surface area contributed by atoms with Crippen molar-refractivity contribution in [2.75, 3.05) is 6.61 Å². The van der Waals surface area contributed by atoms with Crippen molar-refractivity contribution in [2.24, 2.45) is 11.3 Å². The fourth-order valence-electron chi connectivity index (χ4n) is 8.37. The molecule has 2 saturated carbocycles. The Kier molecular flexibility index (Phi) is 9.67. The van der Waals surface area contributed by atoms with Crippen LogP contribution >= 0.6 is 0 Å². The molecule has 3 aliphatic rings. The van der Waals surface area contributed by atoms with E-state index in [9.17, 15) is 29.4 Å². The maximum Gasteiger partial charge on any atom is 0.338 e. The van der Waals surface area contributed by atoms with Gasteiger partial charge in [-0.1, -0.05) is 66.7 Å². The summed E-state index contributed by atoms with van der Waals surface area (Å²) in [5, 5.41) is 24.9. The summed E-state index contributed by atoms with van der Waals surface area (Å²) < 4.78 is 31.1. The predicted molar refractivity (Wildman–Crippen MR) is 183 cm³/mol. The highest BCUT2D eigenvalue weighted by Gasteiger charge is 2.85. The molecule has 1 spiro atoms. The molecular weight excluding hydrogens is 656 g/mol. The average molecular weight is 699 g/mol. The molecule has 3 aromatic rings. The molecule has 1 heterocycles. The first-order valence-corrected chi connectivity index (χ1v) is 16.9. The fourth-order valence-corrected chi connectivity index (χ4v) is 8.37. The van der Waals surface area contributed by atoms with E-state index in [0.29, 0.717) is 5.56 Å². The zero-order valence-electron chi connectivity index (χ0n) is 28.9. The monoisotopic (exact) mass is 698 g/mol. The van der Waals surface area contributed by atoms with Crippen LogP contribution in [0.5, 0.6) is 0 Å². The van der Waals surface area contributed by atoms with E-state index < -0.39 is 83.0 Å². The molecule has 8 atom stereocenters. The van der Waals surface area contributed by atoms with Crippen LogP contribution in [0.1, 0.15) is 66.8 Å². The highest BCUT2D eigenvalue weighted by atomic mass is 16.6. The lowest BCUT2D eigenvalue weighted by Crippen LogP contribution is -2.83. The van der Waals surface area contributed by atoms with Gasteiger partial charge in [-0.05, 0) is 63.1 Å². The van der Waals surface area contributed by atoms with Gasteiger partial charge in [-0.25, -0.2) is 14.4 Å². The van der Waals surface area contributed by atoms with Gasteiger partial charge in [0.15, 0.2) is 6.10 Å². The van der Waals surface area contributed by atoms with Crippen molar-refractivity contribution in [3.63, 3.8) is 0 Å². The largest absolute Gasteiger partial charge is 0.465 e. The number of aliphatic hydroxyl groups is 2. The number of hydrogen-bond acceptors (Lipinski definition) is 11. The van der Waals surface area contributed by atoms with Crippen molar-refractivity contribution in [3.8, 4) is 0 Å². The lowest BCUT2D eigenvalue weighted by Gasteiger charge is -2.65. The van der Waals surface area contributed by atoms with Gasteiger partial charge in [0.1, 0.15) is 29.8 Å². The standard InChI is InChI=1S/C40H42O11/c1-25(41)47-24-39-31(49-36(45)28-18-12-7-13-19-28)22-29-33(43)40(39,51-37(29,2)3)38(4,46)23-30(48-35(44)27-16-10-6-11-17-27)34(39)50-32(42)21-20-26-14-8-5-9-15-26/h5-21,29-31,33-34,43,46H,22-24H2,1-4H3/b21-20+/t29-,30+,31+,33-,34+,38+,39-,40+/m1/s1. The number of esters is 4. The van der Waals surface area contributed by atoms with Gasteiger partial charge in [-0.2, -0.15) is 0 Å². The Labute approximate surface area is 296 Å². The third kappa shape index (κ3) is 6.34. The third-order valence-corrected chi connectivity index (χ3v) is 10.6. The molecule has 3 aromatic carbocycles. The maximum atomic E-state index is 13.8. The molecule has 51 heavy (non-hydrogen) atoms. The van der Waals surface area contributed by atoms with E-state index >= 15 is 0 Å². The van der Waals surface area contributed by atoms with Crippen LogP contribution in [-0.4, -0.2) is 81.9 Å². The van der Waals surface area contributed by atoms with E-state index in [2.05, 4.69) is 0 Å². The normalized spacial score (nSPS) is 32.0. The highest BCUT2D eigenvalue weighted by molar-refractivity contribution is 5.90. The zero-order chi connectivity index (χ0) is 36.6. The van der Waals surface area contributed by atoms with E-state index in [0.717, 1.165) is 0 Å². The van der Waals surface area contributed by atoms with Crippen LogP contribution in [0.2, 0.25) is 0 Å². The average Bonchev–Trinajstić information content (AvgIpc) is 3.26. The first kappa shape index (κ1) is 36.0. The van der Waals surface area contributed by atoms with Crippen LogP contribution < -0.4 is 0 Å². The van der Waals surface area contributed by atoms with Gasteiger partial charge < -0.3 is 33.9 Å². The minimum atomic E-state index is -2.08. The Morgan fingerprint density at radius 1 is 0.824 bits per heavy atom. The van der Waals surface area contributed by atoms with Crippen molar-refractivity contribution in [1.82, 2.24) is 0 Å². The molecule has 0 amide bonds. The molecule has 3 fully saturated rings. The molecule has 11 heteroatoms. The molecule has 11 nitrogen and oxygen atoms in total. The number of fused-ring (bicyclic) bond motifs is 1. The molecule has 2 aliphatic carbocycles. The van der Waals surface area contributed by atoms with E-state index in [-0.39, 0.29) is 24.0 Å². The second-order valence-corrected chi connectivity index (χ2v) is 14.2. The number of rotatable bonds is 9. The summed E-state index contributed by atoms with van der Waals surface area (Å²) >= 11 is 0. The number of carbonyl (C=O) groups is 4. The molecule has 2 bridgehead atoms. The number of benzene rings is 3. The first-order valence-electron chi connectivity index (χ1n) is 16.9. The van der Waals surface area contributed by atoms with Crippen molar-refractivity contribution < 1.29 is 53.1 Å². The Morgan fingerprint density at radius 3 is 1.94 bits per heavy atom. The first-order chi connectivity index (χ1) is 24.2. The SMILES string of the molecule is CC(=O)OC[C@]12[C@@H](OC(=O)c3ccccc3)C[C@@H]3[C@@H](O)[C@]1(OC3(C)C)[C@@](C)(O)C[C@H](OC(=O)c1ccccc1)[C@@H]2OC(=O)/C=C/c1ccccc1. The summed E-state index contributed by atoms with van der Waals surface area (Å²) in [5.74, 6) is -3.83. The van der Waals surface area contributed by atoms with Crippen LogP contribution in [0.4, 0.5) is 0 Å². The summed E-state index contributed by atoms with van der Waals surface area (Å²) in [6.07, 6.45) is -3.41. The third-order valence-electron chi connectivity index (χ3n) is 10.6. The lowest BCUT2D eigenvalue weighted by molar-refractivity contribution is -0.354. The predicted octanol–water partition coefficient (Wildman–Crippen LogP) is 4.70. The summed E-state index contributed by atoms with van der Waals surface area (Å²) in [6.45, 7) is 5.44. The Bertz CT molecular complexity index is 1790. The zero-order valence-corrected chi connectivity index (χ0v) is 28.9. The van der Waals surface area contributed by atoms with Gasteiger partial charge in [0, 0.05) is 25.3 Å². The van der Waals surface area contributed by atoms with Crippen LogP contribution in [0.3, 0.4) is 0 Å². The number of hydrogen-bond donors (Lipinski definition) is 2. The van der Waals surface area contributed by atoms with Crippen LogP contribution in [-0.2, 0) is 33.3 Å². The summed E-state index contributed by atoms with van der Waals surface area (Å²) in [5.41, 5.74) is -6.16. The lowest BCUT2D eigenvalue weighted by atomic mass is 9.46. The van der Waals surface area contributed by atoms with Crippen molar-refractivity contribution in [2.45, 2.75) is 81.8 Å². The van der Waals surface area contributed by atoms with Gasteiger partial charge in [-0.3, -0.25) is 4.79 Å². The van der Waals surface area contributed by atoms with E-state index in [1.165, 1.54) is 26.0 Å². The molecule has 268 valence electrons. The van der Waals surface area contributed by atoms with Gasteiger partial charge in [0.25, 0.3) is 0 Å². The number of ether oxygens (including phenoxy) is 5. The Hall–Kier alpha value is -4.84. The molecule has 6 rings (SSSR count). The number of carbonyl (C=O) groups excluding carboxylic acids is 4. The van der Waals surface area contributed by atoms with Crippen molar-refractivity contribution in [3.05, 3.63) is 114 Å². The second-order valence-electron chi connectivity index (χ2n) is 14.2. The van der Waals surface area contributed by atoms with Crippen LogP contribution in [0.15, 0.2) is 97.1 Å². The van der Waals surface area contributed by atoms with Crippen molar-refractivity contribution in [1.29, 1.82) is 0 Å².